The molecule has 0 spiro atoms. The van der Waals surface area contributed by atoms with Crippen LogP contribution in [0.3, 0.4) is 0 Å². The molecule has 3 nitrogen and oxygen atoms in total. The van der Waals surface area contributed by atoms with Crippen molar-refractivity contribution in [2.75, 3.05) is 13.7 Å². The van der Waals surface area contributed by atoms with Gasteiger partial charge in [0.05, 0.1) is 19.4 Å². The van der Waals surface area contributed by atoms with Crippen LogP contribution in [0.1, 0.15) is 30.6 Å². The van der Waals surface area contributed by atoms with E-state index in [1.165, 1.54) is 24.8 Å². The van der Waals surface area contributed by atoms with Gasteiger partial charge in [0.2, 0.25) is 0 Å². The predicted octanol–water partition coefficient (Wildman–Crippen LogP) is 2.32. The van der Waals surface area contributed by atoms with Crippen LogP contribution in [0.4, 0.5) is 0 Å². The van der Waals surface area contributed by atoms with Crippen molar-refractivity contribution in [2.24, 2.45) is 5.92 Å². The average molecular weight is 209 g/mol. The first-order valence-electron chi connectivity index (χ1n) is 5.67. The predicted molar refractivity (Wildman–Crippen MR) is 58.5 cm³/mol. The van der Waals surface area contributed by atoms with E-state index < -0.39 is 0 Å². The highest BCUT2D eigenvalue weighted by Crippen LogP contribution is 2.32. The normalized spacial score (nSPS) is 15.8. The van der Waals surface area contributed by atoms with Gasteiger partial charge in [0.15, 0.2) is 0 Å². The van der Waals surface area contributed by atoms with Gasteiger partial charge < -0.3 is 14.5 Å². The Bertz CT molecular complexity index is 292. The van der Waals surface area contributed by atoms with Crippen LogP contribution in [0.5, 0.6) is 0 Å². The van der Waals surface area contributed by atoms with Crippen LogP contribution in [-0.4, -0.2) is 13.7 Å². The zero-order valence-electron chi connectivity index (χ0n) is 9.29. The first-order valence-corrected chi connectivity index (χ1v) is 5.67. The molecule has 0 aromatic carbocycles. The lowest BCUT2D eigenvalue weighted by atomic mass is 10.2. The number of nitrogens with one attached hydrogen (secondary N) is 1. The summed E-state index contributed by atoms with van der Waals surface area (Å²) in [7, 11) is 1.92. The van der Waals surface area contributed by atoms with Crippen LogP contribution >= 0.6 is 0 Å². The van der Waals surface area contributed by atoms with E-state index in [1.807, 2.05) is 13.1 Å². The van der Waals surface area contributed by atoms with Gasteiger partial charge in [0.1, 0.15) is 5.76 Å². The first kappa shape index (κ1) is 10.7. The Labute approximate surface area is 90.8 Å². The van der Waals surface area contributed by atoms with Crippen LogP contribution in [-0.2, 0) is 17.9 Å². The maximum Gasteiger partial charge on any atom is 0.123 e. The summed E-state index contributed by atoms with van der Waals surface area (Å²) < 4.78 is 11.0. The molecule has 1 saturated carbocycles. The summed E-state index contributed by atoms with van der Waals surface area (Å²) in [4.78, 5) is 0. The Balaban J connectivity index is 1.68. The van der Waals surface area contributed by atoms with Gasteiger partial charge in [-0.3, -0.25) is 0 Å². The standard InChI is InChI=1S/C12H19NO2/c1-13-8-12-11(5-7-15-12)9-14-6-4-10-2-3-10/h5,7,10,13H,2-4,6,8-9H2,1H3. The van der Waals surface area contributed by atoms with E-state index in [2.05, 4.69) is 5.32 Å². The SMILES string of the molecule is CNCc1occc1COCCC1CC1. The van der Waals surface area contributed by atoms with Crippen molar-refractivity contribution in [1.82, 2.24) is 5.32 Å². The Hall–Kier alpha value is -0.800. The van der Waals surface area contributed by atoms with E-state index in [4.69, 9.17) is 9.15 Å². The van der Waals surface area contributed by atoms with E-state index in [1.54, 1.807) is 6.26 Å². The van der Waals surface area contributed by atoms with Gasteiger partial charge in [-0.2, -0.15) is 0 Å². The second-order valence-electron chi connectivity index (χ2n) is 4.18. The molecule has 1 aromatic heterocycles. The van der Waals surface area contributed by atoms with Crippen molar-refractivity contribution in [1.29, 1.82) is 0 Å². The maximum atomic E-state index is 5.63. The fraction of sp³-hybridized carbons (Fsp3) is 0.667. The minimum atomic E-state index is 0.681. The van der Waals surface area contributed by atoms with Crippen molar-refractivity contribution in [3.8, 4) is 0 Å². The third-order valence-electron chi connectivity index (χ3n) is 2.80. The first-order chi connectivity index (χ1) is 7.40. The van der Waals surface area contributed by atoms with Gasteiger partial charge in [0.25, 0.3) is 0 Å². The van der Waals surface area contributed by atoms with Crippen LogP contribution in [0.2, 0.25) is 0 Å². The number of furan rings is 1. The Kier molecular flexibility index (Phi) is 3.80. The maximum absolute atomic E-state index is 5.63. The van der Waals surface area contributed by atoms with E-state index in [9.17, 15) is 0 Å². The van der Waals surface area contributed by atoms with Crippen LogP contribution < -0.4 is 5.32 Å². The Morgan fingerprint density at radius 3 is 3.13 bits per heavy atom. The molecule has 0 bridgehead atoms. The van der Waals surface area contributed by atoms with Gasteiger partial charge >= 0.3 is 0 Å². The number of rotatable bonds is 7. The lowest BCUT2D eigenvalue weighted by Gasteiger charge is -2.03. The summed E-state index contributed by atoms with van der Waals surface area (Å²) >= 11 is 0. The molecule has 0 unspecified atom stereocenters. The minimum absolute atomic E-state index is 0.681. The number of hydrogen-bond acceptors (Lipinski definition) is 3. The van der Waals surface area contributed by atoms with Gasteiger partial charge in [-0.05, 0) is 25.5 Å². The molecule has 84 valence electrons. The van der Waals surface area contributed by atoms with Gasteiger partial charge in [-0.15, -0.1) is 0 Å². The highest BCUT2D eigenvalue weighted by Gasteiger charge is 2.20. The van der Waals surface area contributed by atoms with Crippen LogP contribution in [0.15, 0.2) is 16.7 Å². The van der Waals surface area contributed by atoms with Crippen molar-refractivity contribution in [3.05, 3.63) is 23.7 Å². The molecule has 0 atom stereocenters. The van der Waals surface area contributed by atoms with E-state index in [-0.39, 0.29) is 0 Å². The molecule has 1 heterocycles. The smallest absolute Gasteiger partial charge is 0.123 e. The molecule has 1 fully saturated rings. The lowest BCUT2D eigenvalue weighted by Crippen LogP contribution is -2.07. The minimum Gasteiger partial charge on any atom is -0.468 e. The summed E-state index contributed by atoms with van der Waals surface area (Å²) in [6.45, 7) is 2.34. The monoisotopic (exact) mass is 209 g/mol. The molecule has 0 radical (unpaired) electrons. The highest BCUT2D eigenvalue weighted by atomic mass is 16.5. The fourth-order valence-electron chi connectivity index (χ4n) is 1.65. The third kappa shape index (κ3) is 3.36. The molecule has 3 heteroatoms. The molecule has 1 aliphatic carbocycles. The molecule has 2 rings (SSSR count). The highest BCUT2D eigenvalue weighted by molar-refractivity contribution is 5.15. The third-order valence-corrected chi connectivity index (χ3v) is 2.80. The molecule has 1 aromatic rings. The molecule has 1 N–H and O–H groups in total. The van der Waals surface area contributed by atoms with Gasteiger partial charge in [-0.1, -0.05) is 12.8 Å². The topological polar surface area (TPSA) is 34.4 Å². The Morgan fingerprint density at radius 2 is 2.40 bits per heavy atom. The largest absolute Gasteiger partial charge is 0.468 e. The number of hydrogen-bond donors (Lipinski definition) is 1. The van der Waals surface area contributed by atoms with Gasteiger partial charge in [0, 0.05) is 12.2 Å². The fourth-order valence-corrected chi connectivity index (χ4v) is 1.65. The molecule has 1 aliphatic rings. The molecule has 15 heavy (non-hydrogen) atoms. The second kappa shape index (κ2) is 5.33. The van der Waals surface area contributed by atoms with Crippen LogP contribution in [0.25, 0.3) is 0 Å². The Morgan fingerprint density at radius 1 is 1.53 bits per heavy atom. The summed E-state index contributed by atoms with van der Waals surface area (Å²) in [5.74, 6) is 1.94. The average Bonchev–Trinajstić information content (AvgIpc) is 2.96. The van der Waals surface area contributed by atoms with Crippen molar-refractivity contribution in [3.63, 3.8) is 0 Å². The molecule has 0 amide bonds. The van der Waals surface area contributed by atoms with Gasteiger partial charge in [-0.25, -0.2) is 0 Å². The van der Waals surface area contributed by atoms with Crippen molar-refractivity contribution < 1.29 is 9.15 Å². The van der Waals surface area contributed by atoms with Crippen molar-refractivity contribution in [2.45, 2.75) is 32.4 Å². The molecule has 0 saturated heterocycles. The summed E-state index contributed by atoms with van der Waals surface area (Å²) in [6, 6.07) is 1.99. The van der Waals surface area contributed by atoms with E-state index in [0.29, 0.717) is 6.61 Å². The van der Waals surface area contributed by atoms with Crippen LogP contribution in [0, 0.1) is 5.92 Å². The molecule has 0 aliphatic heterocycles. The summed E-state index contributed by atoms with van der Waals surface area (Å²) in [5.41, 5.74) is 1.17. The zero-order valence-corrected chi connectivity index (χ0v) is 9.29. The van der Waals surface area contributed by atoms with Crippen molar-refractivity contribution >= 4 is 0 Å². The molecular weight excluding hydrogens is 190 g/mol. The van der Waals surface area contributed by atoms with E-state index >= 15 is 0 Å². The number of ether oxygens (including phenoxy) is 1. The zero-order chi connectivity index (χ0) is 10.5. The quantitative estimate of drug-likeness (QED) is 0.700. The summed E-state index contributed by atoms with van der Waals surface area (Å²) in [5, 5.41) is 3.08. The lowest BCUT2D eigenvalue weighted by molar-refractivity contribution is 0.114. The van der Waals surface area contributed by atoms with E-state index in [0.717, 1.165) is 24.8 Å². The molecular formula is C12H19NO2. The second-order valence-corrected chi connectivity index (χ2v) is 4.18. The summed E-state index contributed by atoms with van der Waals surface area (Å²) in [6.07, 6.45) is 5.76.